The van der Waals surface area contributed by atoms with E-state index in [1.54, 1.807) is 11.3 Å². The van der Waals surface area contributed by atoms with Gasteiger partial charge in [-0.3, -0.25) is 0 Å². The highest BCUT2D eigenvalue weighted by Gasteiger charge is 2.16. The summed E-state index contributed by atoms with van der Waals surface area (Å²) in [4.78, 5) is 4.55. The lowest BCUT2D eigenvalue weighted by atomic mass is 9.92. The quantitative estimate of drug-likeness (QED) is 0.344. The van der Waals surface area contributed by atoms with Crippen LogP contribution in [0.4, 0.5) is 0 Å². The summed E-state index contributed by atoms with van der Waals surface area (Å²) in [7, 11) is 0. The number of thiazole rings is 1. The Morgan fingerprint density at radius 2 is 1.54 bits per heavy atom. The molecule has 1 atom stereocenters. The first kappa shape index (κ1) is 20.6. The molecular weight excluding hydrogens is 336 g/mol. The average Bonchev–Trinajstić information content (AvgIpc) is 3.21. The van der Waals surface area contributed by atoms with Gasteiger partial charge in [-0.25, -0.2) is 4.98 Å². The molecule has 2 aromatic rings. The third-order valence-corrected chi connectivity index (χ3v) is 5.93. The topological polar surface area (TPSA) is 36.7 Å². The molecule has 2 nitrogen and oxygen atoms in total. The van der Waals surface area contributed by atoms with E-state index in [1.165, 1.54) is 74.8 Å². The van der Waals surface area contributed by atoms with Crippen LogP contribution in [0.15, 0.2) is 35.8 Å². The third-order valence-electron chi connectivity index (χ3n) is 5.04. The van der Waals surface area contributed by atoms with E-state index >= 15 is 0 Å². The summed E-state index contributed by atoms with van der Waals surface area (Å²) in [6.45, 7) is 2.27. The minimum atomic E-state index is 0.372. The number of nitriles is 1. The van der Waals surface area contributed by atoms with Crippen LogP contribution in [-0.4, -0.2) is 4.98 Å². The van der Waals surface area contributed by atoms with Gasteiger partial charge in [-0.05, 0) is 24.1 Å². The molecule has 1 aromatic heterocycles. The maximum Gasteiger partial charge on any atom is 0.0999 e. The first-order chi connectivity index (χ1) is 12.8. The number of aromatic nitrogens is 1. The molecule has 26 heavy (non-hydrogen) atoms. The molecule has 0 saturated heterocycles. The summed E-state index contributed by atoms with van der Waals surface area (Å²) < 4.78 is 0. The van der Waals surface area contributed by atoms with E-state index in [0.717, 1.165) is 12.0 Å². The zero-order chi connectivity index (χ0) is 18.5. The standard InChI is InChI=1S/C23H32N2S/c1-2-3-4-5-6-7-8-9-10-11-12-22(23-25-17-18-26-23)21-15-13-20(19-24)14-16-21/h13-18,22H,2-12H2,1H3. The lowest BCUT2D eigenvalue weighted by Gasteiger charge is -2.15. The maximum absolute atomic E-state index is 9.00. The molecule has 0 bridgehead atoms. The second-order valence-electron chi connectivity index (χ2n) is 7.13. The SMILES string of the molecule is CCCCCCCCCCCCC(c1ccc(C#N)cc1)c1nccs1. The Morgan fingerprint density at radius 1 is 0.923 bits per heavy atom. The Morgan fingerprint density at radius 3 is 2.08 bits per heavy atom. The van der Waals surface area contributed by atoms with E-state index in [4.69, 9.17) is 5.26 Å². The summed E-state index contributed by atoms with van der Waals surface area (Å²) in [5.74, 6) is 0.372. The lowest BCUT2D eigenvalue weighted by Crippen LogP contribution is -2.01. The van der Waals surface area contributed by atoms with Crippen molar-refractivity contribution in [2.75, 3.05) is 0 Å². The number of nitrogens with zero attached hydrogens (tertiary/aromatic N) is 2. The molecule has 1 heterocycles. The summed E-state index contributed by atoms with van der Waals surface area (Å²) in [5, 5.41) is 12.3. The van der Waals surface area contributed by atoms with Crippen LogP contribution >= 0.6 is 11.3 Å². The van der Waals surface area contributed by atoms with Gasteiger partial charge >= 0.3 is 0 Å². The molecule has 0 saturated carbocycles. The van der Waals surface area contributed by atoms with Gasteiger partial charge in [0.05, 0.1) is 16.6 Å². The highest BCUT2D eigenvalue weighted by Crippen LogP contribution is 2.31. The Kier molecular flexibility index (Phi) is 10.1. The predicted molar refractivity (Wildman–Crippen MR) is 112 cm³/mol. The van der Waals surface area contributed by atoms with Crippen LogP contribution in [0.2, 0.25) is 0 Å². The highest BCUT2D eigenvalue weighted by atomic mass is 32.1. The van der Waals surface area contributed by atoms with Crippen LogP contribution in [0.5, 0.6) is 0 Å². The Labute approximate surface area is 163 Å². The second-order valence-corrected chi connectivity index (χ2v) is 8.05. The van der Waals surface area contributed by atoms with Crippen molar-refractivity contribution in [1.82, 2.24) is 4.98 Å². The van der Waals surface area contributed by atoms with Crippen molar-refractivity contribution in [3.05, 3.63) is 52.0 Å². The number of benzene rings is 1. The van der Waals surface area contributed by atoms with Crippen molar-refractivity contribution < 1.29 is 0 Å². The van der Waals surface area contributed by atoms with Gasteiger partial charge in [0.2, 0.25) is 0 Å². The zero-order valence-electron chi connectivity index (χ0n) is 16.1. The lowest BCUT2D eigenvalue weighted by molar-refractivity contribution is 0.540. The van der Waals surface area contributed by atoms with E-state index < -0.39 is 0 Å². The number of unbranched alkanes of at least 4 members (excludes halogenated alkanes) is 9. The van der Waals surface area contributed by atoms with Gasteiger partial charge in [-0.1, -0.05) is 83.3 Å². The molecule has 0 spiro atoms. The van der Waals surface area contributed by atoms with Crippen LogP contribution in [0.3, 0.4) is 0 Å². The van der Waals surface area contributed by atoms with E-state index in [0.29, 0.717) is 5.92 Å². The van der Waals surface area contributed by atoms with Gasteiger partial charge in [0.1, 0.15) is 0 Å². The predicted octanol–water partition coefficient (Wildman–Crippen LogP) is 7.46. The van der Waals surface area contributed by atoms with E-state index in [1.807, 2.05) is 18.3 Å². The third kappa shape index (κ3) is 7.30. The fraction of sp³-hybridized carbons (Fsp3) is 0.565. The molecular formula is C23H32N2S. The molecule has 2 rings (SSSR count). The average molecular weight is 369 g/mol. The van der Waals surface area contributed by atoms with Gasteiger partial charge in [0, 0.05) is 17.5 Å². The molecule has 0 amide bonds. The molecule has 0 N–H and O–H groups in total. The van der Waals surface area contributed by atoms with Gasteiger partial charge in [0.25, 0.3) is 0 Å². The van der Waals surface area contributed by atoms with Gasteiger partial charge < -0.3 is 0 Å². The summed E-state index contributed by atoms with van der Waals surface area (Å²) in [6.07, 6.45) is 16.7. The molecule has 0 aliphatic carbocycles. The van der Waals surface area contributed by atoms with Crippen LogP contribution in [0.1, 0.15) is 99.6 Å². The molecule has 1 unspecified atom stereocenters. The number of rotatable bonds is 13. The first-order valence-corrected chi connectivity index (χ1v) is 11.1. The van der Waals surface area contributed by atoms with Gasteiger partial charge in [0.15, 0.2) is 0 Å². The first-order valence-electron chi connectivity index (χ1n) is 10.2. The van der Waals surface area contributed by atoms with E-state index in [9.17, 15) is 0 Å². The van der Waals surface area contributed by atoms with Crippen molar-refractivity contribution >= 4 is 11.3 Å². The van der Waals surface area contributed by atoms with Crippen molar-refractivity contribution in [3.63, 3.8) is 0 Å². The minimum absolute atomic E-state index is 0.372. The van der Waals surface area contributed by atoms with Crippen molar-refractivity contribution in [3.8, 4) is 6.07 Å². The van der Waals surface area contributed by atoms with E-state index in [-0.39, 0.29) is 0 Å². The largest absolute Gasteiger partial charge is 0.249 e. The van der Waals surface area contributed by atoms with Crippen molar-refractivity contribution in [2.24, 2.45) is 0 Å². The molecule has 3 heteroatoms. The molecule has 140 valence electrons. The molecule has 0 fully saturated rings. The fourth-order valence-electron chi connectivity index (χ4n) is 3.47. The van der Waals surface area contributed by atoms with E-state index in [2.05, 4.69) is 35.5 Å². The Balaban J connectivity index is 1.72. The summed E-state index contributed by atoms with van der Waals surface area (Å²) in [5.41, 5.74) is 2.01. The van der Waals surface area contributed by atoms with Gasteiger partial charge in [-0.2, -0.15) is 5.26 Å². The van der Waals surface area contributed by atoms with Crippen LogP contribution in [0.25, 0.3) is 0 Å². The number of hydrogen-bond donors (Lipinski definition) is 0. The summed E-state index contributed by atoms with van der Waals surface area (Å²) >= 11 is 1.74. The number of hydrogen-bond acceptors (Lipinski definition) is 3. The zero-order valence-corrected chi connectivity index (χ0v) is 16.9. The van der Waals surface area contributed by atoms with Crippen LogP contribution < -0.4 is 0 Å². The van der Waals surface area contributed by atoms with Gasteiger partial charge in [-0.15, -0.1) is 11.3 Å². The Bertz CT molecular complexity index is 625. The molecule has 0 radical (unpaired) electrons. The molecule has 0 aliphatic heterocycles. The second kappa shape index (κ2) is 12.7. The maximum atomic E-state index is 9.00. The fourth-order valence-corrected chi connectivity index (χ4v) is 4.27. The monoisotopic (exact) mass is 368 g/mol. The van der Waals surface area contributed by atoms with Crippen LogP contribution in [-0.2, 0) is 0 Å². The van der Waals surface area contributed by atoms with Crippen molar-refractivity contribution in [1.29, 1.82) is 5.26 Å². The highest BCUT2D eigenvalue weighted by molar-refractivity contribution is 7.09. The normalized spacial score (nSPS) is 12.0. The Hall–Kier alpha value is -1.66. The molecule has 0 aliphatic rings. The smallest absolute Gasteiger partial charge is 0.0999 e. The summed E-state index contributed by atoms with van der Waals surface area (Å²) in [6, 6.07) is 10.2. The van der Waals surface area contributed by atoms with Crippen molar-refractivity contribution in [2.45, 2.75) is 83.5 Å². The molecule has 1 aromatic carbocycles. The minimum Gasteiger partial charge on any atom is -0.249 e. The van der Waals surface area contributed by atoms with Crippen LogP contribution in [0, 0.1) is 11.3 Å².